The Morgan fingerprint density at radius 3 is 2.69 bits per heavy atom. The van der Waals surface area contributed by atoms with E-state index in [0.717, 1.165) is 53.7 Å². The summed E-state index contributed by atoms with van der Waals surface area (Å²) in [5.41, 5.74) is 5.29. The minimum atomic E-state index is 0. The van der Waals surface area contributed by atoms with Crippen LogP contribution in [0.5, 0.6) is 5.75 Å². The third kappa shape index (κ3) is 3.52. The molecule has 0 saturated carbocycles. The first-order valence-electron chi connectivity index (χ1n) is 9.38. The molecule has 2 aromatic carbocycles. The summed E-state index contributed by atoms with van der Waals surface area (Å²) in [6, 6.07) is 18.7. The Labute approximate surface area is 175 Å². The number of nitrogens with one attached hydrogen (secondary N) is 1. The summed E-state index contributed by atoms with van der Waals surface area (Å²) < 4.78 is 9.75. The van der Waals surface area contributed by atoms with E-state index in [1.807, 2.05) is 35.0 Å². The van der Waals surface area contributed by atoms with Crippen LogP contribution in [0.1, 0.15) is 5.69 Å². The Bertz CT molecular complexity index is 1100. The molecular weight excluding hydrogens is 386 g/mol. The van der Waals surface area contributed by atoms with E-state index in [1.165, 1.54) is 5.69 Å². The average molecular weight is 408 g/mol. The molecule has 0 spiro atoms. The number of rotatable bonds is 4. The minimum Gasteiger partial charge on any atom is -0.495 e. The third-order valence-electron chi connectivity index (χ3n) is 5.09. The van der Waals surface area contributed by atoms with Gasteiger partial charge >= 0.3 is 0 Å². The Hall–Kier alpha value is -3.09. The predicted octanol–water partition coefficient (Wildman–Crippen LogP) is 3.94. The van der Waals surface area contributed by atoms with E-state index in [9.17, 15) is 0 Å². The second-order valence-electron chi connectivity index (χ2n) is 6.79. The fourth-order valence-corrected chi connectivity index (χ4v) is 3.68. The summed E-state index contributed by atoms with van der Waals surface area (Å²) in [6.45, 7) is 2.65. The van der Waals surface area contributed by atoms with Crippen molar-refractivity contribution in [2.75, 3.05) is 13.7 Å². The van der Waals surface area contributed by atoms with Gasteiger partial charge in [0, 0.05) is 25.5 Å². The zero-order valence-electron chi connectivity index (χ0n) is 16.1. The van der Waals surface area contributed by atoms with Crippen LogP contribution in [-0.4, -0.2) is 33.0 Å². The summed E-state index contributed by atoms with van der Waals surface area (Å²) in [5.74, 6) is 1.61. The zero-order chi connectivity index (χ0) is 18.9. The lowest BCUT2D eigenvalue weighted by molar-refractivity contribution is 0.413. The van der Waals surface area contributed by atoms with E-state index in [-0.39, 0.29) is 12.4 Å². The number of ether oxygens (including phenoxy) is 1. The van der Waals surface area contributed by atoms with Gasteiger partial charge in [-0.25, -0.2) is 4.98 Å². The average Bonchev–Trinajstić information content (AvgIpc) is 3.40. The number of benzene rings is 2. The molecule has 0 fully saturated rings. The summed E-state index contributed by atoms with van der Waals surface area (Å²) in [4.78, 5) is 4.60. The number of aromatic nitrogens is 4. The Morgan fingerprint density at radius 2 is 1.90 bits per heavy atom. The Balaban J connectivity index is 0.00000205. The van der Waals surface area contributed by atoms with E-state index >= 15 is 0 Å². The number of hydrogen-bond acceptors (Lipinski definition) is 4. The number of methoxy groups -OCH3 is 1. The first-order valence-corrected chi connectivity index (χ1v) is 9.38. The van der Waals surface area contributed by atoms with Crippen molar-refractivity contribution in [3.63, 3.8) is 0 Å². The van der Waals surface area contributed by atoms with Crippen LogP contribution in [0, 0.1) is 0 Å². The van der Waals surface area contributed by atoms with E-state index in [0.29, 0.717) is 0 Å². The molecule has 1 N–H and O–H groups in total. The molecule has 3 heterocycles. The number of halogens is 1. The molecule has 2 aromatic heterocycles. The van der Waals surface area contributed by atoms with Crippen LogP contribution in [-0.2, 0) is 13.1 Å². The van der Waals surface area contributed by atoms with Crippen LogP contribution in [0.2, 0.25) is 0 Å². The van der Waals surface area contributed by atoms with Crippen molar-refractivity contribution in [2.24, 2.45) is 0 Å². The molecule has 29 heavy (non-hydrogen) atoms. The second kappa shape index (κ2) is 8.11. The smallest absolute Gasteiger partial charge is 0.165 e. The lowest BCUT2D eigenvalue weighted by Crippen LogP contribution is -2.28. The first kappa shape index (κ1) is 19.2. The maximum atomic E-state index is 5.65. The molecule has 0 bridgehead atoms. The molecule has 5 rings (SSSR count). The normalized spacial score (nSPS) is 12.9. The van der Waals surface area contributed by atoms with Crippen LogP contribution in [0.4, 0.5) is 0 Å². The fourth-order valence-electron chi connectivity index (χ4n) is 3.68. The molecule has 148 valence electrons. The molecule has 0 aliphatic carbocycles. The van der Waals surface area contributed by atoms with Crippen molar-refractivity contribution in [1.82, 2.24) is 24.6 Å². The highest BCUT2D eigenvalue weighted by Crippen LogP contribution is 2.32. The topological polar surface area (TPSA) is 56.9 Å². The molecule has 0 radical (unpaired) electrons. The highest BCUT2D eigenvalue weighted by Gasteiger charge is 2.18. The van der Waals surface area contributed by atoms with Crippen LogP contribution in [0.3, 0.4) is 0 Å². The quantitative estimate of drug-likeness (QED) is 0.556. The molecule has 0 unspecified atom stereocenters. The standard InChI is InChI=1S/C22H21N5O.ClH/c1-28-21-8-7-17(16-5-3-2-4-6-16)13-20(21)26-11-10-24-22(26)19-14-18-15-23-9-12-27(18)25-19;/h2-8,10-11,13-14,23H,9,12,15H2,1H3;1H. The van der Waals surface area contributed by atoms with Gasteiger partial charge in [0.2, 0.25) is 0 Å². The Morgan fingerprint density at radius 1 is 1.03 bits per heavy atom. The van der Waals surface area contributed by atoms with E-state index < -0.39 is 0 Å². The SMILES string of the molecule is COc1ccc(-c2ccccc2)cc1-n1ccnc1-c1cc2n(n1)CCNC2.Cl. The zero-order valence-corrected chi connectivity index (χ0v) is 16.9. The number of nitrogens with zero attached hydrogens (tertiary/aromatic N) is 4. The lowest BCUT2D eigenvalue weighted by atomic mass is 10.0. The van der Waals surface area contributed by atoms with Gasteiger partial charge in [0.25, 0.3) is 0 Å². The molecule has 1 aliphatic heterocycles. The summed E-state index contributed by atoms with van der Waals surface area (Å²) >= 11 is 0. The van der Waals surface area contributed by atoms with Crippen molar-refractivity contribution in [3.05, 3.63) is 72.7 Å². The number of imidazole rings is 1. The molecule has 4 aromatic rings. The van der Waals surface area contributed by atoms with Crippen molar-refractivity contribution >= 4 is 12.4 Å². The van der Waals surface area contributed by atoms with Crippen LogP contribution in [0.15, 0.2) is 67.0 Å². The van der Waals surface area contributed by atoms with E-state index in [2.05, 4.69) is 45.3 Å². The Kier molecular flexibility index (Phi) is 5.38. The van der Waals surface area contributed by atoms with Gasteiger partial charge in [-0.15, -0.1) is 12.4 Å². The van der Waals surface area contributed by atoms with Crippen LogP contribution < -0.4 is 10.1 Å². The van der Waals surface area contributed by atoms with E-state index in [4.69, 9.17) is 9.84 Å². The van der Waals surface area contributed by atoms with Crippen molar-refractivity contribution in [2.45, 2.75) is 13.1 Å². The van der Waals surface area contributed by atoms with Gasteiger partial charge in [-0.2, -0.15) is 5.10 Å². The fraction of sp³-hybridized carbons (Fsp3) is 0.182. The van der Waals surface area contributed by atoms with Gasteiger partial charge in [-0.3, -0.25) is 9.25 Å². The molecular formula is C22H22ClN5O. The number of hydrogen-bond donors (Lipinski definition) is 1. The highest BCUT2D eigenvalue weighted by molar-refractivity contribution is 5.85. The third-order valence-corrected chi connectivity index (χ3v) is 5.09. The minimum absolute atomic E-state index is 0. The van der Waals surface area contributed by atoms with Crippen LogP contribution in [0.25, 0.3) is 28.3 Å². The lowest BCUT2D eigenvalue weighted by Gasteiger charge is -2.14. The molecule has 0 amide bonds. The summed E-state index contributed by atoms with van der Waals surface area (Å²) in [7, 11) is 1.69. The van der Waals surface area contributed by atoms with Crippen LogP contribution >= 0.6 is 12.4 Å². The van der Waals surface area contributed by atoms with Gasteiger partial charge in [-0.1, -0.05) is 36.4 Å². The largest absolute Gasteiger partial charge is 0.495 e. The van der Waals surface area contributed by atoms with Crippen molar-refractivity contribution in [1.29, 1.82) is 0 Å². The predicted molar refractivity (Wildman–Crippen MR) is 116 cm³/mol. The maximum Gasteiger partial charge on any atom is 0.165 e. The van der Waals surface area contributed by atoms with E-state index in [1.54, 1.807) is 13.3 Å². The van der Waals surface area contributed by atoms with Crippen molar-refractivity contribution in [3.8, 4) is 34.1 Å². The van der Waals surface area contributed by atoms with Gasteiger partial charge in [0.1, 0.15) is 11.4 Å². The monoisotopic (exact) mass is 407 g/mol. The summed E-state index contributed by atoms with van der Waals surface area (Å²) in [6.07, 6.45) is 3.76. The first-order chi connectivity index (χ1) is 13.8. The van der Waals surface area contributed by atoms with Gasteiger partial charge < -0.3 is 10.1 Å². The molecule has 6 nitrogen and oxygen atoms in total. The van der Waals surface area contributed by atoms with Gasteiger partial charge in [-0.05, 0) is 29.3 Å². The van der Waals surface area contributed by atoms with Crippen molar-refractivity contribution < 1.29 is 4.74 Å². The maximum absolute atomic E-state index is 5.65. The molecule has 0 atom stereocenters. The highest BCUT2D eigenvalue weighted by atomic mass is 35.5. The van der Waals surface area contributed by atoms with Gasteiger partial charge in [0.05, 0.1) is 25.0 Å². The molecule has 0 saturated heterocycles. The number of fused-ring (bicyclic) bond motifs is 1. The summed E-state index contributed by atoms with van der Waals surface area (Å²) in [5, 5.41) is 8.15. The molecule has 7 heteroatoms. The second-order valence-corrected chi connectivity index (χ2v) is 6.79. The molecule has 1 aliphatic rings. The van der Waals surface area contributed by atoms with Gasteiger partial charge in [0.15, 0.2) is 5.82 Å².